The van der Waals surface area contributed by atoms with E-state index in [1.54, 1.807) is 19.2 Å². The quantitative estimate of drug-likeness (QED) is 0.547. The smallest absolute Gasteiger partial charge is 0.266 e. The minimum absolute atomic E-state index is 0.135. The summed E-state index contributed by atoms with van der Waals surface area (Å²) < 4.78 is 41.0. The number of hydrogen-bond donors (Lipinski definition) is 0. The molecule has 3 aromatic rings. The van der Waals surface area contributed by atoms with Crippen LogP contribution in [0, 0.1) is 0 Å². The van der Waals surface area contributed by atoms with E-state index in [-0.39, 0.29) is 11.4 Å². The van der Waals surface area contributed by atoms with Crippen LogP contribution in [-0.2, 0) is 21.4 Å². The van der Waals surface area contributed by atoms with Crippen LogP contribution in [0.4, 0.5) is 0 Å². The highest BCUT2D eigenvalue weighted by atomic mass is 32.2. The number of carbonyl (C=O) groups is 1. The summed E-state index contributed by atoms with van der Waals surface area (Å²) >= 11 is 1.39. The molecule has 2 aromatic carbocycles. The summed E-state index contributed by atoms with van der Waals surface area (Å²) in [5.74, 6) is 0.853. The first-order chi connectivity index (χ1) is 15.4. The van der Waals surface area contributed by atoms with Gasteiger partial charge in [0.25, 0.3) is 5.91 Å². The number of aromatic nitrogens is 1. The zero-order chi connectivity index (χ0) is 22.9. The number of benzene rings is 2. The number of rotatable bonds is 6. The maximum absolute atomic E-state index is 13.2. The Morgan fingerprint density at radius 3 is 2.47 bits per heavy atom. The van der Waals surface area contributed by atoms with Crippen molar-refractivity contribution in [1.29, 1.82) is 0 Å². The fourth-order valence-electron chi connectivity index (χ4n) is 3.90. The molecule has 1 unspecified atom stereocenters. The highest BCUT2D eigenvalue weighted by Crippen LogP contribution is 2.28. The third-order valence-electron chi connectivity index (χ3n) is 5.57. The summed E-state index contributed by atoms with van der Waals surface area (Å²) in [7, 11) is -0.695. The number of aryl methyl sites for hydroxylation is 1. The van der Waals surface area contributed by atoms with Gasteiger partial charge in [0.15, 0.2) is 4.80 Å². The number of sulfonamides is 1. The highest BCUT2D eigenvalue weighted by Gasteiger charge is 2.39. The maximum atomic E-state index is 13.2. The lowest BCUT2D eigenvalue weighted by molar-refractivity contribution is -0.121. The Bertz CT molecular complexity index is 1310. The van der Waals surface area contributed by atoms with Crippen LogP contribution in [0.3, 0.4) is 0 Å². The van der Waals surface area contributed by atoms with E-state index in [2.05, 4.69) is 4.99 Å². The van der Waals surface area contributed by atoms with Gasteiger partial charge in [-0.25, -0.2) is 8.42 Å². The number of thiazole rings is 1. The molecule has 1 saturated heterocycles. The van der Waals surface area contributed by atoms with Crippen LogP contribution < -0.4 is 14.3 Å². The number of fused-ring (bicyclic) bond motifs is 1. The molecule has 8 nitrogen and oxygen atoms in total. The van der Waals surface area contributed by atoms with Crippen LogP contribution in [0.2, 0.25) is 0 Å². The second-order valence-corrected chi connectivity index (χ2v) is 10.3. The van der Waals surface area contributed by atoms with Gasteiger partial charge in [-0.3, -0.25) is 4.79 Å². The van der Waals surface area contributed by atoms with Crippen LogP contribution in [0.25, 0.3) is 10.2 Å². The molecule has 1 amide bonds. The molecule has 0 spiro atoms. The van der Waals surface area contributed by atoms with Crippen molar-refractivity contribution in [2.45, 2.75) is 37.2 Å². The molecular weight excluding hydrogens is 450 g/mol. The van der Waals surface area contributed by atoms with Gasteiger partial charge in [-0.1, -0.05) is 11.3 Å². The lowest BCUT2D eigenvalue weighted by Gasteiger charge is -2.21. The van der Waals surface area contributed by atoms with Crippen LogP contribution in [0.1, 0.15) is 19.8 Å². The minimum Gasteiger partial charge on any atom is -0.497 e. The molecule has 1 aliphatic rings. The van der Waals surface area contributed by atoms with Crippen molar-refractivity contribution in [2.24, 2.45) is 4.99 Å². The van der Waals surface area contributed by atoms with Crippen molar-refractivity contribution >= 4 is 37.5 Å². The Kier molecular flexibility index (Phi) is 6.36. The van der Waals surface area contributed by atoms with E-state index in [1.807, 2.05) is 29.7 Å². The van der Waals surface area contributed by atoms with Crippen molar-refractivity contribution in [3.63, 3.8) is 0 Å². The van der Waals surface area contributed by atoms with Gasteiger partial charge < -0.3 is 14.0 Å². The van der Waals surface area contributed by atoms with Gasteiger partial charge in [0.1, 0.15) is 17.5 Å². The van der Waals surface area contributed by atoms with Crippen molar-refractivity contribution in [3.8, 4) is 11.5 Å². The fourth-order valence-corrected chi connectivity index (χ4v) is 6.68. The molecule has 0 bridgehead atoms. The maximum Gasteiger partial charge on any atom is 0.266 e. The van der Waals surface area contributed by atoms with Gasteiger partial charge in [0.2, 0.25) is 10.0 Å². The van der Waals surface area contributed by atoms with Gasteiger partial charge in [-0.2, -0.15) is 9.30 Å². The SMILES string of the molecule is CCn1c(=NC(=O)C2CCCN2S(=O)(=O)c2ccc(OC)cc2)sc2cc(OC)ccc21. The molecule has 0 aliphatic carbocycles. The van der Waals surface area contributed by atoms with Crippen molar-refractivity contribution in [1.82, 2.24) is 8.87 Å². The predicted molar refractivity (Wildman–Crippen MR) is 123 cm³/mol. The van der Waals surface area contributed by atoms with Gasteiger partial charge in [-0.15, -0.1) is 0 Å². The van der Waals surface area contributed by atoms with Crippen molar-refractivity contribution in [3.05, 3.63) is 47.3 Å². The monoisotopic (exact) mass is 475 g/mol. The molecule has 170 valence electrons. The lowest BCUT2D eigenvalue weighted by Crippen LogP contribution is -2.40. The number of ether oxygens (including phenoxy) is 2. The molecule has 10 heteroatoms. The highest BCUT2D eigenvalue weighted by molar-refractivity contribution is 7.89. The molecule has 32 heavy (non-hydrogen) atoms. The molecule has 4 rings (SSSR count). The van der Waals surface area contributed by atoms with E-state index in [0.717, 1.165) is 16.0 Å². The number of amides is 1. The van der Waals surface area contributed by atoms with E-state index in [0.29, 0.717) is 29.9 Å². The molecule has 0 N–H and O–H groups in total. The summed E-state index contributed by atoms with van der Waals surface area (Å²) in [5, 5.41) is 0. The van der Waals surface area contributed by atoms with Crippen LogP contribution in [0.15, 0.2) is 52.4 Å². The molecule has 1 fully saturated rings. The van der Waals surface area contributed by atoms with Gasteiger partial charge in [0.05, 0.1) is 29.3 Å². The first-order valence-electron chi connectivity index (χ1n) is 10.3. The molecule has 1 aliphatic heterocycles. The van der Waals surface area contributed by atoms with Gasteiger partial charge >= 0.3 is 0 Å². The lowest BCUT2D eigenvalue weighted by atomic mass is 10.2. The molecule has 0 radical (unpaired) electrons. The second kappa shape index (κ2) is 9.05. The van der Waals surface area contributed by atoms with E-state index >= 15 is 0 Å². The third kappa shape index (κ3) is 4.05. The van der Waals surface area contributed by atoms with Crippen molar-refractivity contribution in [2.75, 3.05) is 20.8 Å². The standard InChI is InChI=1S/C22H25N3O5S2/c1-4-24-18-12-9-16(30-3)14-20(18)31-22(24)23-21(26)19-6-5-13-25(19)32(27,28)17-10-7-15(29-2)8-11-17/h7-12,14,19H,4-6,13H2,1-3H3. The Morgan fingerprint density at radius 1 is 1.12 bits per heavy atom. The zero-order valence-corrected chi connectivity index (χ0v) is 19.8. The van der Waals surface area contributed by atoms with Crippen LogP contribution in [-0.4, -0.2) is 50.0 Å². The number of hydrogen-bond acceptors (Lipinski definition) is 6. The van der Waals surface area contributed by atoms with E-state index < -0.39 is 22.0 Å². The number of carbonyl (C=O) groups excluding carboxylic acids is 1. The Balaban J connectivity index is 1.68. The number of nitrogens with zero attached hydrogens (tertiary/aromatic N) is 3. The summed E-state index contributed by atoms with van der Waals surface area (Å²) in [4.78, 5) is 18.2. The molecule has 1 aromatic heterocycles. The Labute approximate surface area is 190 Å². The second-order valence-electron chi connectivity index (χ2n) is 7.36. The summed E-state index contributed by atoms with van der Waals surface area (Å²) in [6.45, 7) is 2.91. The van der Waals surface area contributed by atoms with E-state index in [9.17, 15) is 13.2 Å². The number of methoxy groups -OCH3 is 2. The normalized spacial score (nSPS) is 17.7. The van der Waals surface area contributed by atoms with E-state index in [1.165, 1.54) is 34.9 Å². The molecule has 2 heterocycles. The Hall–Kier alpha value is -2.69. The average molecular weight is 476 g/mol. The topological polar surface area (TPSA) is 90.2 Å². The fraction of sp³-hybridized carbons (Fsp3) is 0.364. The average Bonchev–Trinajstić information content (AvgIpc) is 3.43. The molecule has 0 saturated carbocycles. The van der Waals surface area contributed by atoms with Gasteiger partial charge in [-0.05, 0) is 62.2 Å². The van der Waals surface area contributed by atoms with Gasteiger partial charge in [0, 0.05) is 13.1 Å². The van der Waals surface area contributed by atoms with E-state index in [4.69, 9.17) is 9.47 Å². The zero-order valence-electron chi connectivity index (χ0n) is 18.1. The summed E-state index contributed by atoms with van der Waals surface area (Å²) in [6, 6.07) is 11.1. The van der Waals surface area contributed by atoms with Crippen LogP contribution in [0.5, 0.6) is 11.5 Å². The Morgan fingerprint density at radius 2 is 1.81 bits per heavy atom. The molecule has 1 atom stereocenters. The first-order valence-corrected chi connectivity index (χ1v) is 12.6. The molecular formula is C22H25N3O5S2. The van der Waals surface area contributed by atoms with Crippen molar-refractivity contribution < 1.29 is 22.7 Å². The first kappa shape index (κ1) is 22.5. The predicted octanol–water partition coefficient (Wildman–Crippen LogP) is 3.02. The summed E-state index contributed by atoms with van der Waals surface area (Å²) in [5.41, 5.74) is 0.957. The summed E-state index contributed by atoms with van der Waals surface area (Å²) in [6.07, 6.45) is 1.06. The minimum atomic E-state index is -3.82. The largest absolute Gasteiger partial charge is 0.497 e. The van der Waals surface area contributed by atoms with Crippen LogP contribution >= 0.6 is 11.3 Å². The third-order valence-corrected chi connectivity index (χ3v) is 8.53.